The Labute approximate surface area is 159 Å². The van der Waals surface area contributed by atoms with E-state index in [1.165, 1.54) is 0 Å². The van der Waals surface area contributed by atoms with Crippen LogP contribution < -0.4 is 4.90 Å². The van der Waals surface area contributed by atoms with Gasteiger partial charge in [-0.1, -0.05) is 0 Å². The fourth-order valence-electron chi connectivity index (χ4n) is 5.27. The SMILES string of the molecule is COCC(=O)N1CCC2(CC1)CN(c1ncccn1)C[C@]21CCN(C)C1=O. The number of hydrogen-bond acceptors (Lipinski definition) is 6. The molecular weight excluding hydrogens is 346 g/mol. The molecule has 27 heavy (non-hydrogen) atoms. The number of methoxy groups -OCH3 is 1. The van der Waals surface area contributed by atoms with Crippen LogP contribution in [-0.4, -0.2) is 85.1 Å². The first-order valence-electron chi connectivity index (χ1n) is 9.56. The molecule has 0 unspecified atom stereocenters. The standard InChI is InChI=1S/C19H27N5O3/c1-22-9-6-19(16(22)26)14-24(17-20-7-3-8-21-17)13-18(19)4-10-23(11-5-18)15(25)12-27-2/h3,7-8H,4-6,9-14H2,1-2H3/t19-/m0/s1. The largest absolute Gasteiger partial charge is 0.375 e. The topological polar surface area (TPSA) is 78.9 Å². The van der Waals surface area contributed by atoms with Crippen molar-refractivity contribution in [3.05, 3.63) is 18.5 Å². The number of fused-ring (bicyclic) bond motifs is 1. The van der Waals surface area contributed by atoms with Crippen LogP contribution in [0.2, 0.25) is 0 Å². The van der Waals surface area contributed by atoms with Crippen LogP contribution in [0.5, 0.6) is 0 Å². The Morgan fingerprint density at radius 3 is 2.44 bits per heavy atom. The zero-order valence-corrected chi connectivity index (χ0v) is 16.1. The lowest BCUT2D eigenvalue weighted by Gasteiger charge is -2.46. The first kappa shape index (κ1) is 18.2. The smallest absolute Gasteiger partial charge is 0.248 e. The summed E-state index contributed by atoms with van der Waals surface area (Å²) in [5, 5.41) is 0. The van der Waals surface area contributed by atoms with Crippen molar-refractivity contribution in [2.45, 2.75) is 19.3 Å². The molecule has 0 aromatic carbocycles. The summed E-state index contributed by atoms with van der Waals surface area (Å²) < 4.78 is 5.00. The number of amides is 2. The number of aromatic nitrogens is 2. The molecule has 1 aromatic heterocycles. The summed E-state index contributed by atoms with van der Waals surface area (Å²) >= 11 is 0. The molecule has 3 aliphatic heterocycles. The van der Waals surface area contributed by atoms with Gasteiger partial charge in [0, 0.05) is 64.7 Å². The van der Waals surface area contributed by atoms with Gasteiger partial charge in [0.15, 0.2) is 0 Å². The van der Waals surface area contributed by atoms with Crippen molar-refractivity contribution in [2.24, 2.45) is 10.8 Å². The minimum atomic E-state index is -0.405. The minimum absolute atomic E-state index is 0.0255. The zero-order chi connectivity index (χ0) is 19.1. The number of hydrogen-bond donors (Lipinski definition) is 0. The molecule has 146 valence electrons. The van der Waals surface area contributed by atoms with E-state index in [4.69, 9.17) is 4.74 Å². The van der Waals surface area contributed by atoms with Gasteiger partial charge in [0.25, 0.3) is 0 Å². The van der Waals surface area contributed by atoms with Crippen LogP contribution in [-0.2, 0) is 14.3 Å². The molecule has 0 aliphatic carbocycles. The molecule has 2 amide bonds. The summed E-state index contributed by atoms with van der Waals surface area (Å²) in [5.41, 5.74) is -0.546. The molecule has 3 fully saturated rings. The van der Waals surface area contributed by atoms with Crippen LogP contribution >= 0.6 is 0 Å². The molecule has 3 aliphatic rings. The molecular formula is C19H27N5O3. The summed E-state index contributed by atoms with van der Waals surface area (Å²) in [5.74, 6) is 0.948. The van der Waals surface area contributed by atoms with Gasteiger partial charge >= 0.3 is 0 Å². The fraction of sp³-hybridized carbons (Fsp3) is 0.684. The Morgan fingerprint density at radius 2 is 1.85 bits per heavy atom. The van der Waals surface area contributed by atoms with Gasteiger partial charge in [-0.05, 0) is 25.3 Å². The van der Waals surface area contributed by atoms with Crippen molar-refractivity contribution in [3.8, 4) is 0 Å². The lowest BCUT2D eigenvalue weighted by Crippen LogP contribution is -2.53. The Balaban J connectivity index is 1.62. The maximum absolute atomic E-state index is 13.3. The highest BCUT2D eigenvalue weighted by Gasteiger charge is 2.65. The molecule has 0 saturated carbocycles. The maximum Gasteiger partial charge on any atom is 0.248 e. The number of piperidine rings is 1. The van der Waals surface area contributed by atoms with Crippen LogP contribution in [0.25, 0.3) is 0 Å². The van der Waals surface area contributed by atoms with E-state index in [0.717, 1.165) is 32.4 Å². The minimum Gasteiger partial charge on any atom is -0.375 e. The predicted octanol–water partition coefficient (Wildman–Crippen LogP) is 0.400. The first-order chi connectivity index (χ1) is 13.0. The molecule has 3 saturated heterocycles. The molecule has 8 nitrogen and oxygen atoms in total. The van der Waals surface area contributed by atoms with Crippen LogP contribution in [0.15, 0.2) is 18.5 Å². The van der Waals surface area contributed by atoms with Gasteiger partial charge in [-0.25, -0.2) is 9.97 Å². The summed E-state index contributed by atoms with van der Waals surface area (Å²) in [6.45, 7) is 3.67. The average Bonchev–Trinajstić information content (AvgIpc) is 3.16. The highest BCUT2D eigenvalue weighted by molar-refractivity contribution is 5.87. The number of carbonyl (C=O) groups excluding carboxylic acids is 2. The molecule has 8 heteroatoms. The molecule has 4 heterocycles. The van der Waals surface area contributed by atoms with E-state index in [1.54, 1.807) is 25.6 Å². The molecule has 2 spiro atoms. The number of anilines is 1. The van der Waals surface area contributed by atoms with Crippen molar-refractivity contribution >= 4 is 17.8 Å². The average molecular weight is 373 g/mol. The molecule has 0 radical (unpaired) electrons. The van der Waals surface area contributed by atoms with E-state index >= 15 is 0 Å². The number of likely N-dealkylation sites (tertiary alicyclic amines) is 2. The van der Waals surface area contributed by atoms with E-state index in [-0.39, 0.29) is 23.8 Å². The third kappa shape index (κ3) is 2.77. The fourth-order valence-corrected chi connectivity index (χ4v) is 5.27. The van der Waals surface area contributed by atoms with E-state index in [9.17, 15) is 9.59 Å². The lowest BCUT2D eigenvalue weighted by molar-refractivity contribution is -0.144. The number of ether oxygens (including phenoxy) is 1. The summed E-state index contributed by atoms with van der Waals surface area (Å²) in [6, 6.07) is 1.81. The third-order valence-electron chi connectivity index (χ3n) is 6.78. The van der Waals surface area contributed by atoms with Gasteiger partial charge in [-0.3, -0.25) is 9.59 Å². The molecule has 0 bridgehead atoms. The van der Waals surface area contributed by atoms with Gasteiger partial charge in [0.1, 0.15) is 6.61 Å². The normalized spacial score (nSPS) is 27.2. The monoisotopic (exact) mass is 373 g/mol. The predicted molar refractivity (Wildman–Crippen MR) is 99.1 cm³/mol. The molecule has 0 N–H and O–H groups in total. The Hall–Kier alpha value is -2.22. The van der Waals surface area contributed by atoms with Crippen LogP contribution in [0.4, 0.5) is 5.95 Å². The van der Waals surface area contributed by atoms with Gasteiger partial charge < -0.3 is 19.4 Å². The number of nitrogens with zero attached hydrogens (tertiary/aromatic N) is 5. The third-order valence-corrected chi connectivity index (χ3v) is 6.78. The van der Waals surface area contributed by atoms with Gasteiger partial charge in [-0.15, -0.1) is 0 Å². The second-order valence-electron chi connectivity index (χ2n) is 8.06. The Morgan fingerprint density at radius 1 is 1.15 bits per heavy atom. The van der Waals surface area contributed by atoms with E-state index in [2.05, 4.69) is 14.9 Å². The number of carbonyl (C=O) groups is 2. The van der Waals surface area contributed by atoms with Gasteiger partial charge in [-0.2, -0.15) is 0 Å². The lowest BCUT2D eigenvalue weighted by atomic mass is 9.60. The highest BCUT2D eigenvalue weighted by Crippen LogP contribution is 2.57. The van der Waals surface area contributed by atoms with Gasteiger partial charge in [0.2, 0.25) is 17.8 Å². The van der Waals surface area contributed by atoms with E-state index < -0.39 is 5.41 Å². The van der Waals surface area contributed by atoms with Crippen molar-refractivity contribution in [3.63, 3.8) is 0 Å². The second-order valence-corrected chi connectivity index (χ2v) is 8.06. The Kier molecular flexibility index (Phi) is 4.53. The summed E-state index contributed by atoms with van der Waals surface area (Å²) in [6.07, 6.45) is 6.00. The molecule has 1 atom stereocenters. The highest BCUT2D eigenvalue weighted by atomic mass is 16.5. The van der Waals surface area contributed by atoms with Crippen molar-refractivity contribution < 1.29 is 14.3 Å². The van der Waals surface area contributed by atoms with Crippen LogP contribution in [0, 0.1) is 10.8 Å². The van der Waals surface area contributed by atoms with Crippen molar-refractivity contribution in [1.29, 1.82) is 0 Å². The number of rotatable bonds is 3. The van der Waals surface area contributed by atoms with E-state index in [0.29, 0.717) is 25.6 Å². The summed E-state index contributed by atoms with van der Waals surface area (Å²) in [4.78, 5) is 40.2. The van der Waals surface area contributed by atoms with Crippen LogP contribution in [0.1, 0.15) is 19.3 Å². The first-order valence-corrected chi connectivity index (χ1v) is 9.56. The quantitative estimate of drug-likeness (QED) is 0.763. The van der Waals surface area contributed by atoms with Gasteiger partial charge in [0.05, 0.1) is 5.41 Å². The Bertz CT molecular complexity index is 719. The van der Waals surface area contributed by atoms with Crippen molar-refractivity contribution in [2.75, 3.05) is 58.4 Å². The zero-order valence-electron chi connectivity index (χ0n) is 16.1. The maximum atomic E-state index is 13.3. The van der Waals surface area contributed by atoms with E-state index in [1.807, 2.05) is 16.8 Å². The van der Waals surface area contributed by atoms with Crippen LogP contribution in [0.3, 0.4) is 0 Å². The molecule has 1 aromatic rings. The molecule has 4 rings (SSSR count). The van der Waals surface area contributed by atoms with Crippen molar-refractivity contribution in [1.82, 2.24) is 19.8 Å². The second kappa shape index (κ2) is 6.74. The summed E-state index contributed by atoms with van der Waals surface area (Å²) in [7, 11) is 3.43.